The van der Waals surface area contributed by atoms with Crippen LogP contribution in [0.2, 0.25) is 5.02 Å². The number of nitrogens with one attached hydrogen (secondary N) is 1. The Labute approximate surface area is 127 Å². The van der Waals surface area contributed by atoms with Crippen LogP contribution in [0.5, 0.6) is 0 Å². The van der Waals surface area contributed by atoms with Gasteiger partial charge in [-0.05, 0) is 50.7 Å². The number of halogens is 1. The van der Waals surface area contributed by atoms with Crippen molar-refractivity contribution < 1.29 is 0 Å². The lowest BCUT2D eigenvalue weighted by Gasteiger charge is -2.36. The number of rotatable bonds is 7. The van der Waals surface area contributed by atoms with Gasteiger partial charge in [-0.2, -0.15) is 0 Å². The van der Waals surface area contributed by atoms with Crippen molar-refractivity contribution >= 4 is 17.3 Å². The highest BCUT2D eigenvalue weighted by atomic mass is 35.5. The average Bonchev–Trinajstić information content (AvgIpc) is 2.48. The van der Waals surface area contributed by atoms with E-state index in [4.69, 9.17) is 11.6 Å². The summed E-state index contributed by atoms with van der Waals surface area (Å²) in [5.74, 6) is 0. The van der Waals surface area contributed by atoms with E-state index in [1.807, 2.05) is 12.1 Å². The quantitative estimate of drug-likeness (QED) is 0.781. The maximum Gasteiger partial charge on any atom is 0.0426 e. The Bertz CT molecular complexity index is 389. The van der Waals surface area contributed by atoms with Crippen LogP contribution in [0.1, 0.15) is 19.8 Å². The number of anilines is 1. The van der Waals surface area contributed by atoms with Crippen LogP contribution < -0.4 is 10.2 Å². The Morgan fingerprint density at radius 2 is 1.95 bits per heavy atom. The van der Waals surface area contributed by atoms with Gasteiger partial charge in [0.05, 0.1) is 0 Å². The lowest BCUT2D eigenvalue weighted by Crippen LogP contribution is -2.46. The molecule has 3 nitrogen and oxygen atoms in total. The standard InChI is InChI=1S/C16H26ClN3/c1-2-18-8-3-4-9-19-10-12-20(13-11-19)16-7-5-6-15(17)14-16/h5-7,14,18H,2-4,8-13H2,1H3. The molecule has 1 heterocycles. The summed E-state index contributed by atoms with van der Waals surface area (Å²) in [6.45, 7) is 10.2. The second-order valence-electron chi connectivity index (χ2n) is 5.37. The number of nitrogens with zero attached hydrogens (tertiary/aromatic N) is 2. The van der Waals surface area contributed by atoms with Crippen LogP contribution in [0, 0.1) is 0 Å². The fourth-order valence-electron chi connectivity index (χ4n) is 2.66. The van der Waals surface area contributed by atoms with E-state index in [0.29, 0.717) is 0 Å². The predicted octanol–water partition coefficient (Wildman–Crippen LogP) is 2.85. The van der Waals surface area contributed by atoms with Crippen molar-refractivity contribution in [3.8, 4) is 0 Å². The van der Waals surface area contributed by atoms with Crippen LogP contribution >= 0.6 is 11.6 Å². The monoisotopic (exact) mass is 295 g/mol. The summed E-state index contributed by atoms with van der Waals surface area (Å²) in [5, 5.41) is 4.21. The molecular formula is C16H26ClN3. The summed E-state index contributed by atoms with van der Waals surface area (Å²) in [4.78, 5) is 5.01. The minimum atomic E-state index is 0.827. The van der Waals surface area contributed by atoms with E-state index in [0.717, 1.165) is 44.3 Å². The van der Waals surface area contributed by atoms with Gasteiger partial charge in [-0.3, -0.25) is 4.90 Å². The van der Waals surface area contributed by atoms with Gasteiger partial charge in [0.2, 0.25) is 0 Å². The number of piperazine rings is 1. The molecule has 0 unspecified atom stereocenters. The molecule has 1 N–H and O–H groups in total. The summed E-state index contributed by atoms with van der Waals surface area (Å²) in [5.41, 5.74) is 1.25. The molecule has 1 saturated heterocycles. The van der Waals surface area contributed by atoms with Crippen LogP contribution in [-0.4, -0.2) is 50.7 Å². The number of hydrogen-bond acceptors (Lipinski definition) is 3. The molecule has 0 spiro atoms. The highest BCUT2D eigenvalue weighted by Crippen LogP contribution is 2.20. The molecule has 4 heteroatoms. The van der Waals surface area contributed by atoms with Crippen LogP contribution in [0.25, 0.3) is 0 Å². The predicted molar refractivity (Wildman–Crippen MR) is 87.9 cm³/mol. The minimum Gasteiger partial charge on any atom is -0.369 e. The molecule has 1 aliphatic rings. The zero-order valence-corrected chi connectivity index (χ0v) is 13.2. The van der Waals surface area contributed by atoms with Gasteiger partial charge in [-0.1, -0.05) is 24.6 Å². The first-order chi connectivity index (χ1) is 9.79. The normalized spacial score (nSPS) is 16.6. The molecule has 112 valence electrons. The van der Waals surface area contributed by atoms with Gasteiger partial charge in [0.25, 0.3) is 0 Å². The second kappa shape index (κ2) is 8.50. The van der Waals surface area contributed by atoms with Gasteiger partial charge in [-0.15, -0.1) is 0 Å². The molecule has 0 aliphatic carbocycles. The van der Waals surface area contributed by atoms with E-state index < -0.39 is 0 Å². The average molecular weight is 296 g/mol. The summed E-state index contributed by atoms with van der Waals surface area (Å²) < 4.78 is 0. The Kier molecular flexibility index (Phi) is 6.64. The van der Waals surface area contributed by atoms with Crippen molar-refractivity contribution in [2.75, 3.05) is 50.7 Å². The van der Waals surface area contributed by atoms with Crippen molar-refractivity contribution in [1.82, 2.24) is 10.2 Å². The van der Waals surface area contributed by atoms with Crippen molar-refractivity contribution in [2.24, 2.45) is 0 Å². The first-order valence-electron chi connectivity index (χ1n) is 7.73. The molecular weight excluding hydrogens is 270 g/mol. The molecule has 1 aliphatic heterocycles. The van der Waals surface area contributed by atoms with E-state index in [-0.39, 0.29) is 0 Å². The van der Waals surface area contributed by atoms with E-state index in [9.17, 15) is 0 Å². The summed E-state index contributed by atoms with van der Waals surface area (Å²) >= 11 is 6.06. The molecule has 20 heavy (non-hydrogen) atoms. The van der Waals surface area contributed by atoms with E-state index in [1.165, 1.54) is 25.1 Å². The molecule has 1 aromatic rings. The third kappa shape index (κ3) is 4.97. The number of hydrogen-bond donors (Lipinski definition) is 1. The molecule has 0 atom stereocenters. The van der Waals surface area contributed by atoms with Crippen molar-refractivity contribution in [1.29, 1.82) is 0 Å². The lowest BCUT2D eigenvalue weighted by molar-refractivity contribution is 0.252. The molecule has 0 bridgehead atoms. The Balaban J connectivity index is 1.67. The third-order valence-electron chi connectivity index (χ3n) is 3.87. The van der Waals surface area contributed by atoms with Crippen LogP contribution in [0.3, 0.4) is 0 Å². The van der Waals surface area contributed by atoms with E-state index in [1.54, 1.807) is 0 Å². The summed E-state index contributed by atoms with van der Waals surface area (Å²) in [6.07, 6.45) is 2.58. The first kappa shape index (κ1) is 15.6. The zero-order chi connectivity index (χ0) is 14.2. The highest BCUT2D eigenvalue weighted by Gasteiger charge is 2.16. The van der Waals surface area contributed by atoms with E-state index in [2.05, 4.69) is 34.2 Å². The smallest absolute Gasteiger partial charge is 0.0426 e. The maximum absolute atomic E-state index is 6.06. The van der Waals surface area contributed by atoms with Gasteiger partial charge in [-0.25, -0.2) is 0 Å². The van der Waals surface area contributed by atoms with Crippen molar-refractivity contribution in [3.63, 3.8) is 0 Å². The van der Waals surface area contributed by atoms with Gasteiger partial charge < -0.3 is 10.2 Å². The SMILES string of the molecule is CCNCCCCN1CCN(c2cccc(Cl)c2)CC1. The van der Waals surface area contributed by atoms with Gasteiger partial charge in [0.1, 0.15) is 0 Å². The summed E-state index contributed by atoms with van der Waals surface area (Å²) in [7, 11) is 0. The van der Waals surface area contributed by atoms with Gasteiger partial charge in [0, 0.05) is 36.9 Å². The Morgan fingerprint density at radius 3 is 2.65 bits per heavy atom. The molecule has 1 fully saturated rings. The summed E-state index contributed by atoms with van der Waals surface area (Å²) in [6, 6.07) is 8.18. The molecule has 2 rings (SSSR count). The lowest BCUT2D eigenvalue weighted by atomic mass is 10.2. The molecule has 0 aromatic heterocycles. The maximum atomic E-state index is 6.06. The Morgan fingerprint density at radius 1 is 1.15 bits per heavy atom. The van der Waals surface area contributed by atoms with Crippen LogP contribution in [0.4, 0.5) is 5.69 Å². The fourth-order valence-corrected chi connectivity index (χ4v) is 2.85. The number of unbranched alkanes of at least 4 members (excludes halogenated alkanes) is 1. The van der Waals surface area contributed by atoms with Crippen LogP contribution in [0.15, 0.2) is 24.3 Å². The largest absolute Gasteiger partial charge is 0.369 e. The third-order valence-corrected chi connectivity index (χ3v) is 4.11. The van der Waals surface area contributed by atoms with Crippen molar-refractivity contribution in [3.05, 3.63) is 29.3 Å². The molecule has 1 aromatic carbocycles. The molecule has 0 amide bonds. The first-order valence-corrected chi connectivity index (χ1v) is 8.11. The fraction of sp³-hybridized carbons (Fsp3) is 0.625. The van der Waals surface area contributed by atoms with Gasteiger partial charge >= 0.3 is 0 Å². The van der Waals surface area contributed by atoms with Crippen LogP contribution in [-0.2, 0) is 0 Å². The van der Waals surface area contributed by atoms with Gasteiger partial charge in [0.15, 0.2) is 0 Å². The topological polar surface area (TPSA) is 18.5 Å². The number of benzene rings is 1. The minimum absolute atomic E-state index is 0.827. The molecule has 0 radical (unpaired) electrons. The Hall–Kier alpha value is -0.770. The van der Waals surface area contributed by atoms with Crippen molar-refractivity contribution in [2.45, 2.75) is 19.8 Å². The second-order valence-corrected chi connectivity index (χ2v) is 5.81. The van der Waals surface area contributed by atoms with E-state index >= 15 is 0 Å². The zero-order valence-electron chi connectivity index (χ0n) is 12.4. The highest BCUT2D eigenvalue weighted by molar-refractivity contribution is 6.30. The molecule has 0 saturated carbocycles.